The molecule has 1 fully saturated rings. The molecule has 1 aliphatic heterocycles. The lowest BCUT2D eigenvalue weighted by molar-refractivity contribution is -0.137. The predicted molar refractivity (Wildman–Crippen MR) is 170 cm³/mol. The van der Waals surface area contributed by atoms with Crippen LogP contribution in [0.15, 0.2) is 78.9 Å². The van der Waals surface area contributed by atoms with Crippen LogP contribution in [0.25, 0.3) is 0 Å². The van der Waals surface area contributed by atoms with Crippen LogP contribution < -0.4 is 15.0 Å². The van der Waals surface area contributed by atoms with Gasteiger partial charge in [0.1, 0.15) is 11.4 Å². The number of carboxylic acids is 1. The van der Waals surface area contributed by atoms with E-state index in [1.807, 2.05) is 36.4 Å². The number of rotatable bonds is 11. The third-order valence-corrected chi connectivity index (χ3v) is 7.31. The summed E-state index contributed by atoms with van der Waals surface area (Å²) in [5.74, 6) is -0.492. The zero-order valence-electron chi connectivity index (χ0n) is 26.0. The first-order valence-electron chi connectivity index (χ1n) is 15.2. The Labute approximate surface area is 263 Å². The molecule has 0 saturated carbocycles. The summed E-state index contributed by atoms with van der Waals surface area (Å²) in [6.07, 6.45) is 0.672. The molecule has 0 aromatic heterocycles. The molecule has 0 bridgehead atoms. The predicted octanol–water partition coefficient (Wildman–Crippen LogP) is 6.25. The lowest BCUT2D eigenvalue weighted by Gasteiger charge is -2.35. The van der Waals surface area contributed by atoms with E-state index in [2.05, 4.69) is 5.32 Å². The van der Waals surface area contributed by atoms with Gasteiger partial charge in [-0.15, -0.1) is 0 Å². The Bertz CT molecular complexity index is 1480. The van der Waals surface area contributed by atoms with Gasteiger partial charge in [0.15, 0.2) is 5.75 Å². The summed E-state index contributed by atoms with van der Waals surface area (Å²) in [6, 6.07) is 23.5. The highest BCUT2D eigenvalue weighted by Crippen LogP contribution is 2.35. The Hall–Kier alpha value is -4.86. The second kappa shape index (κ2) is 15.2. The molecule has 0 atom stereocenters. The number of benzene rings is 3. The van der Waals surface area contributed by atoms with Crippen molar-refractivity contribution in [1.82, 2.24) is 10.2 Å². The SMILES string of the molecule is CC(C)(C)OC(=O)NCc1cccc(Oc2ccccc2N(CCCC(=O)O)C(=O)C2CCN(C(=O)c3ccccc3)CC2)c1. The number of para-hydroxylation sites is 2. The van der Waals surface area contributed by atoms with Gasteiger partial charge >= 0.3 is 12.1 Å². The number of amides is 3. The van der Waals surface area contributed by atoms with E-state index in [0.717, 1.165) is 5.56 Å². The van der Waals surface area contributed by atoms with Crippen molar-refractivity contribution in [3.8, 4) is 11.5 Å². The van der Waals surface area contributed by atoms with Crippen molar-refractivity contribution in [3.05, 3.63) is 90.0 Å². The molecule has 0 radical (unpaired) electrons. The number of nitrogens with zero attached hydrogens (tertiary/aromatic N) is 2. The van der Waals surface area contributed by atoms with Gasteiger partial charge in [-0.2, -0.15) is 0 Å². The maximum atomic E-state index is 14.0. The van der Waals surface area contributed by atoms with E-state index < -0.39 is 17.7 Å². The number of hydrogen-bond donors (Lipinski definition) is 2. The van der Waals surface area contributed by atoms with Crippen molar-refractivity contribution >= 4 is 29.6 Å². The molecular weight excluding hydrogens is 574 g/mol. The van der Waals surface area contributed by atoms with Crippen molar-refractivity contribution in [3.63, 3.8) is 0 Å². The van der Waals surface area contributed by atoms with Gasteiger partial charge in [0.05, 0.1) is 5.69 Å². The van der Waals surface area contributed by atoms with Gasteiger partial charge in [-0.25, -0.2) is 4.79 Å². The Morgan fingerprint density at radius 1 is 0.933 bits per heavy atom. The minimum Gasteiger partial charge on any atom is -0.481 e. The Kier molecular flexibility index (Phi) is 11.2. The zero-order valence-corrected chi connectivity index (χ0v) is 26.0. The first-order valence-corrected chi connectivity index (χ1v) is 15.2. The number of carboxylic acid groups (broad SMARTS) is 1. The van der Waals surface area contributed by atoms with Crippen LogP contribution in [-0.2, 0) is 20.9 Å². The van der Waals surface area contributed by atoms with Crippen LogP contribution in [-0.4, -0.2) is 59.1 Å². The smallest absolute Gasteiger partial charge is 0.407 e. The quantitative estimate of drug-likeness (QED) is 0.261. The molecule has 3 aromatic rings. The highest BCUT2D eigenvalue weighted by atomic mass is 16.6. The monoisotopic (exact) mass is 615 g/mol. The van der Waals surface area contributed by atoms with Gasteiger partial charge in [0.25, 0.3) is 5.91 Å². The van der Waals surface area contributed by atoms with Crippen LogP contribution in [0.1, 0.15) is 62.4 Å². The van der Waals surface area contributed by atoms with Crippen LogP contribution in [0.4, 0.5) is 10.5 Å². The highest BCUT2D eigenvalue weighted by Gasteiger charge is 2.32. The summed E-state index contributed by atoms with van der Waals surface area (Å²) >= 11 is 0. The van der Waals surface area contributed by atoms with E-state index in [-0.39, 0.29) is 43.7 Å². The topological polar surface area (TPSA) is 125 Å². The molecule has 10 heteroatoms. The fourth-order valence-electron chi connectivity index (χ4n) is 5.15. The number of ether oxygens (including phenoxy) is 2. The average Bonchev–Trinajstić information content (AvgIpc) is 3.02. The van der Waals surface area contributed by atoms with Crippen LogP contribution in [0, 0.1) is 5.92 Å². The Morgan fingerprint density at radius 3 is 2.31 bits per heavy atom. The van der Waals surface area contributed by atoms with E-state index in [9.17, 15) is 24.3 Å². The number of nitrogens with one attached hydrogen (secondary N) is 1. The number of alkyl carbamates (subject to hydrolysis) is 1. The van der Waals surface area contributed by atoms with Crippen molar-refractivity contribution in [1.29, 1.82) is 0 Å². The third-order valence-electron chi connectivity index (χ3n) is 7.31. The molecule has 0 spiro atoms. The van der Waals surface area contributed by atoms with Crippen molar-refractivity contribution < 1.29 is 33.8 Å². The zero-order chi connectivity index (χ0) is 32.4. The van der Waals surface area contributed by atoms with Gasteiger partial charge in [0.2, 0.25) is 5.91 Å². The number of hydrogen-bond acceptors (Lipinski definition) is 6. The molecule has 45 heavy (non-hydrogen) atoms. The second-order valence-corrected chi connectivity index (χ2v) is 12.0. The fourth-order valence-corrected chi connectivity index (χ4v) is 5.15. The van der Waals surface area contributed by atoms with Gasteiger partial charge < -0.3 is 29.7 Å². The van der Waals surface area contributed by atoms with Crippen molar-refractivity contribution in [2.75, 3.05) is 24.5 Å². The molecular formula is C35H41N3O7. The summed E-state index contributed by atoms with van der Waals surface area (Å²) in [5, 5.41) is 12.0. The van der Waals surface area contributed by atoms with Crippen LogP contribution >= 0.6 is 0 Å². The van der Waals surface area contributed by atoms with E-state index in [1.54, 1.807) is 73.0 Å². The second-order valence-electron chi connectivity index (χ2n) is 12.0. The minimum atomic E-state index is -0.934. The van der Waals surface area contributed by atoms with Crippen LogP contribution in [0.5, 0.6) is 11.5 Å². The summed E-state index contributed by atoms with van der Waals surface area (Å²) in [6.45, 7) is 6.73. The first-order chi connectivity index (χ1) is 21.5. The molecule has 1 aliphatic rings. The van der Waals surface area contributed by atoms with E-state index >= 15 is 0 Å². The normalized spacial score (nSPS) is 13.5. The molecule has 238 valence electrons. The molecule has 0 unspecified atom stereocenters. The Balaban J connectivity index is 1.48. The summed E-state index contributed by atoms with van der Waals surface area (Å²) in [4.78, 5) is 53.7. The summed E-state index contributed by atoms with van der Waals surface area (Å²) < 4.78 is 11.6. The molecule has 4 rings (SSSR count). The number of aliphatic carboxylic acids is 1. The highest BCUT2D eigenvalue weighted by molar-refractivity contribution is 5.97. The molecule has 1 heterocycles. The molecule has 0 aliphatic carbocycles. The maximum Gasteiger partial charge on any atom is 0.407 e. The average molecular weight is 616 g/mol. The van der Waals surface area contributed by atoms with E-state index in [0.29, 0.717) is 48.7 Å². The van der Waals surface area contributed by atoms with Crippen molar-refractivity contribution in [2.45, 2.75) is 58.6 Å². The van der Waals surface area contributed by atoms with E-state index in [4.69, 9.17) is 9.47 Å². The first kappa shape index (κ1) is 33.0. The molecule has 2 N–H and O–H groups in total. The van der Waals surface area contributed by atoms with E-state index in [1.165, 1.54) is 0 Å². The maximum absolute atomic E-state index is 14.0. The third kappa shape index (κ3) is 9.82. The molecule has 3 aromatic carbocycles. The lowest BCUT2D eigenvalue weighted by atomic mass is 9.94. The van der Waals surface area contributed by atoms with Crippen LogP contribution in [0.2, 0.25) is 0 Å². The van der Waals surface area contributed by atoms with Gasteiger partial charge in [-0.3, -0.25) is 14.4 Å². The number of carbonyl (C=O) groups excluding carboxylic acids is 3. The number of piperidine rings is 1. The standard InChI is InChI=1S/C35H41N3O7/c1-35(2,3)45-34(43)36-24-25-11-9-14-28(23-25)44-30-16-8-7-15-29(30)38(20-10-17-31(39)40)33(42)27-18-21-37(22-19-27)32(41)26-12-5-4-6-13-26/h4-9,11-16,23,27H,10,17-22,24H2,1-3H3,(H,36,43)(H,39,40). The number of likely N-dealkylation sites (tertiary alicyclic amines) is 1. The minimum absolute atomic E-state index is 0.0536. The fraction of sp³-hybridized carbons (Fsp3) is 0.371. The molecule has 10 nitrogen and oxygen atoms in total. The number of anilines is 1. The Morgan fingerprint density at radius 2 is 1.62 bits per heavy atom. The van der Waals surface area contributed by atoms with Gasteiger partial charge in [-0.1, -0.05) is 42.5 Å². The largest absolute Gasteiger partial charge is 0.481 e. The lowest BCUT2D eigenvalue weighted by Crippen LogP contribution is -2.45. The van der Waals surface area contributed by atoms with Crippen LogP contribution in [0.3, 0.4) is 0 Å². The van der Waals surface area contributed by atoms with Crippen molar-refractivity contribution in [2.24, 2.45) is 5.92 Å². The molecule has 3 amide bonds. The van der Waals surface area contributed by atoms with Gasteiger partial charge in [0, 0.05) is 44.1 Å². The molecule has 1 saturated heterocycles. The summed E-state index contributed by atoms with van der Waals surface area (Å²) in [5.41, 5.74) is 1.34. The summed E-state index contributed by atoms with van der Waals surface area (Å²) in [7, 11) is 0. The van der Waals surface area contributed by atoms with Gasteiger partial charge in [-0.05, 0) is 82.0 Å². The number of carbonyl (C=O) groups is 4.